The van der Waals surface area contributed by atoms with Crippen LogP contribution in [0.15, 0.2) is 102 Å². The van der Waals surface area contributed by atoms with Crippen molar-refractivity contribution in [3.05, 3.63) is 125 Å². The summed E-state index contributed by atoms with van der Waals surface area (Å²) in [6, 6.07) is 16.0. The molecule has 0 radical (unpaired) electrons. The Morgan fingerprint density at radius 3 is 2.65 bits per heavy atom. The fourth-order valence-electron chi connectivity index (χ4n) is 4.73. The van der Waals surface area contributed by atoms with E-state index in [1.54, 1.807) is 6.07 Å². The number of amides is 1. The van der Waals surface area contributed by atoms with Gasteiger partial charge in [0.15, 0.2) is 5.84 Å². The van der Waals surface area contributed by atoms with Gasteiger partial charge in [0.1, 0.15) is 0 Å². The van der Waals surface area contributed by atoms with Gasteiger partial charge < -0.3 is 26.3 Å². The Morgan fingerprint density at radius 1 is 1.12 bits per heavy atom. The van der Waals surface area contributed by atoms with Crippen molar-refractivity contribution >= 4 is 28.8 Å². The molecule has 2 aromatic carbocycles. The number of hydrazone groups is 1. The summed E-state index contributed by atoms with van der Waals surface area (Å²) in [5.41, 5.74) is 17.4. The number of nitrogens with two attached hydrogens (primary N) is 2. The highest BCUT2D eigenvalue weighted by Gasteiger charge is 2.11. The van der Waals surface area contributed by atoms with Crippen LogP contribution in [0.25, 0.3) is 22.3 Å². The van der Waals surface area contributed by atoms with Crippen molar-refractivity contribution < 1.29 is 4.79 Å². The lowest BCUT2D eigenvalue weighted by Gasteiger charge is -2.19. The molecule has 0 bridgehead atoms. The summed E-state index contributed by atoms with van der Waals surface area (Å²) in [5.74, 6) is 5.50. The first kappa shape index (κ1) is 30.8. The van der Waals surface area contributed by atoms with E-state index in [0.29, 0.717) is 24.1 Å². The molecule has 0 saturated carbocycles. The molecule has 43 heavy (non-hydrogen) atoms. The van der Waals surface area contributed by atoms with Crippen molar-refractivity contribution in [1.29, 1.82) is 0 Å². The highest BCUT2D eigenvalue weighted by molar-refractivity contribution is 5.98. The molecular weight excluding hydrogens is 538 g/mol. The highest BCUT2D eigenvalue weighted by Crippen LogP contribution is 2.26. The number of nitrogens with one attached hydrogen (secondary N) is 4. The molecule has 0 aliphatic heterocycles. The smallest absolute Gasteiger partial charge is 0.211 e. The molecule has 4 rings (SSSR count). The average Bonchev–Trinajstić information content (AvgIpc) is 3.34. The van der Waals surface area contributed by atoms with Gasteiger partial charge in [-0.25, -0.2) is 11.4 Å². The van der Waals surface area contributed by atoms with Crippen LogP contribution in [0.5, 0.6) is 0 Å². The third-order valence-electron chi connectivity index (χ3n) is 7.21. The quantitative estimate of drug-likeness (QED) is 0.0355. The van der Waals surface area contributed by atoms with Crippen molar-refractivity contribution in [2.75, 3.05) is 7.05 Å². The monoisotopic (exact) mass is 577 g/mol. The SMILES string of the molecule is C=C(N/C(=C/C=C(\NC=O)c1cccc(/C(N)=N/NN)c1)Cc1cncc(-n2cc(C)c3cc(C)ccc32)c1)[C@H](C)NC. The molecule has 4 aromatic rings. The van der Waals surface area contributed by atoms with E-state index in [4.69, 9.17) is 11.6 Å². The zero-order chi connectivity index (χ0) is 30.9. The predicted octanol–water partition coefficient (Wildman–Crippen LogP) is 3.65. The molecule has 1 amide bonds. The third kappa shape index (κ3) is 7.56. The number of rotatable bonds is 13. The number of benzene rings is 2. The Labute approximate surface area is 252 Å². The number of carbonyl (C=O) groups excluding carboxylic acids is 1. The van der Waals surface area contributed by atoms with Crippen LogP contribution >= 0.6 is 0 Å². The van der Waals surface area contributed by atoms with Crippen LogP contribution in [0.1, 0.15) is 34.7 Å². The molecule has 222 valence electrons. The van der Waals surface area contributed by atoms with E-state index in [1.807, 2.05) is 56.7 Å². The van der Waals surface area contributed by atoms with Gasteiger partial charge in [-0.05, 0) is 80.9 Å². The number of hydrogen-bond acceptors (Lipinski definition) is 7. The maximum Gasteiger partial charge on any atom is 0.211 e. The van der Waals surface area contributed by atoms with E-state index >= 15 is 0 Å². The zero-order valence-electron chi connectivity index (χ0n) is 25.0. The minimum absolute atomic E-state index is 0.0252. The topological polar surface area (TPSA) is 147 Å². The van der Waals surface area contributed by atoms with E-state index in [1.165, 1.54) is 16.5 Å². The van der Waals surface area contributed by atoms with Gasteiger partial charge in [0.25, 0.3) is 0 Å². The van der Waals surface area contributed by atoms with Gasteiger partial charge in [-0.3, -0.25) is 9.78 Å². The fourth-order valence-corrected chi connectivity index (χ4v) is 4.73. The second-order valence-corrected chi connectivity index (χ2v) is 10.3. The first-order valence-corrected chi connectivity index (χ1v) is 13.9. The Hall–Kier alpha value is -5.19. The van der Waals surface area contributed by atoms with Gasteiger partial charge in [-0.2, -0.15) is 0 Å². The Balaban J connectivity index is 1.72. The lowest BCUT2D eigenvalue weighted by Crippen LogP contribution is -2.31. The second-order valence-electron chi connectivity index (χ2n) is 10.3. The number of allylic oxidation sites excluding steroid dienone is 3. The third-order valence-corrected chi connectivity index (χ3v) is 7.21. The summed E-state index contributed by atoms with van der Waals surface area (Å²) in [6.45, 7) is 10.5. The molecule has 0 spiro atoms. The van der Waals surface area contributed by atoms with Crippen LogP contribution in [-0.4, -0.2) is 34.9 Å². The number of aryl methyl sites for hydroxylation is 2. The summed E-state index contributed by atoms with van der Waals surface area (Å²) in [4.78, 5) is 16.1. The number of pyridine rings is 1. The van der Waals surface area contributed by atoms with Gasteiger partial charge in [0.2, 0.25) is 6.41 Å². The van der Waals surface area contributed by atoms with Gasteiger partial charge in [0.05, 0.1) is 17.4 Å². The van der Waals surface area contributed by atoms with Crippen LogP contribution < -0.4 is 33.1 Å². The first-order chi connectivity index (χ1) is 20.7. The van der Waals surface area contributed by atoms with E-state index in [2.05, 4.69) is 87.0 Å². The molecular formula is C33H39N9O. The Bertz CT molecular complexity index is 1710. The summed E-state index contributed by atoms with van der Waals surface area (Å²) in [5, 5.41) is 14.5. The lowest BCUT2D eigenvalue weighted by molar-refractivity contribution is -0.108. The normalized spacial score (nSPS) is 13.1. The van der Waals surface area contributed by atoms with E-state index in [9.17, 15) is 4.79 Å². The fraction of sp³-hybridized carbons (Fsp3) is 0.182. The maximum atomic E-state index is 11.5. The molecule has 8 N–H and O–H groups in total. The number of hydrogen-bond donors (Lipinski definition) is 6. The molecule has 0 unspecified atom stereocenters. The van der Waals surface area contributed by atoms with Gasteiger partial charge in [-0.1, -0.05) is 36.4 Å². The maximum absolute atomic E-state index is 11.5. The molecule has 10 nitrogen and oxygen atoms in total. The lowest BCUT2D eigenvalue weighted by atomic mass is 10.1. The number of amidine groups is 1. The molecule has 0 aliphatic rings. The number of likely N-dealkylation sites (N-methyl/N-ethyl adjacent to an activating group) is 1. The molecule has 0 fully saturated rings. The van der Waals surface area contributed by atoms with Crippen LogP contribution in [0.4, 0.5) is 0 Å². The van der Waals surface area contributed by atoms with Crippen molar-refractivity contribution in [3.63, 3.8) is 0 Å². The van der Waals surface area contributed by atoms with E-state index in [0.717, 1.165) is 33.7 Å². The van der Waals surface area contributed by atoms with Crippen LogP contribution in [0.2, 0.25) is 0 Å². The van der Waals surface area contributed by atoms with E-state index in [-0.39, 0.29) is 11.9 Å². The van der Waals surface area contributed by atoms with Crippen molar-refractivity contribution in [2.45, 2.75) is 33.2 Å². The van der Waals surface area contributed by atoms with Gasteiger partial charge in [-0.15, -0.1) is 5.10 Å². The predicted molar refractivity (Wildman–Crippen MR) is 175 cm³/mol. The molecule has 1 atom stereocenters. The van der Waals surface area contributed by atoms with Gasteiger partial charge in [0, 0.05) is 52.9 Å². The minimum atomic E-state index is 0.0252. The van der Waals surface area contributed by atoms with E-state index < -0.39 is 0 Å². The number of aromatic nitrogens is 2. The Morgan fingerprint density at radius 2 is 1.91 bits per heavy atom. The summed E-state index contributed by atoms with van der Waals surface area (Å²) in [6.07, 6.45) is 10.8. The van der Waals surface area contributed by atoms with Crippen LogP contribution in [0, 0.1) is 13.8 Å². The molecule has 2 aromatic heterocycles. The van der Waals surface area contributed by atoms with Gasteiger partial charge >= 0.3 is 0 Å². The van der Waals surface area contributed by atoms with Crippen molar-refractivity contribution in [2.24, 2.45) is 16.7 Å². The first-order valence-electron chi connectivity index (χ1n) is 13.9. The Kier molecular flexibility index (Phi) is 10.1. The number of nitrogens with zero attached hydrogens (tertiary/aromatic N) is 3. The molecule has 2 heterocycles. The van der Waals surface area contributed by atoms with Crippen LogP contribution in [-0.2, 0) is 11.2 Å². The summed E-state index contributed by atoms with van der Waals surface area (Å²) < 4.78 is 2.17. The average molecular weight is 578 g/mol. The number of fused-ring (bicyclic) bond motifs is 1. The molecule has 0 saturated heterocycles. The van der Waals surface area contributed by atoms with Crippen LogP contribution in [0.3, 0.4) is 0 Å². The number of carbonyl (C=O) groups is 1. The summed E-state index contributed by atoms with van der Waals surface area (Å²) in [7, 11) is 1.88. The minimum Gasteiger partial charge on any atom is -0.382 e. The largest absolute Gasteiger partial charge is 0.382 e. The standard InChI is InChI=1S/C33H39N9O/c1-21-9-12-32-30(13-21)22(2)19-42(32)29-15-25(17-37-18-29)14-28(39-24(4)23(3)36-5)10-11-31(38-20-43)26-7-6-8-27(16-26)33(34)40-41-35/h6-13,15-20,23,36,39,41H,4,14,35H2,1-3,5H3,(H2,34,40)(H,38,43)/b28-10+,31-11-/t23-/m0/s1. The summed E-state index contributed by atoms with van der Waals surface area (Å²) >= 11 is 0. The highest BCUT2D eigenvalue weighted by atomic mass is 16.1. The van der Waals surface area contributed by atoms with Crippen molar-refractivity contribution in [1.82, 2.24) is 31.0 Å². The number of hydrazine groups is 1. The van der Waals surface area contributed by atoms with Crippen molar-refractivity contribution in [3.8, 4) is 5.69 Å². The zero-order valence-corrected chi connectivity index (χ0v) is 25.0. The molecule has 10 heteroatoms. The second kappa shape index (κ2) is 14.1. The molecule has 0 aliphatic carbocycles.